The highest BCUT2D eigenvalue weighted by atomic mass is 16.1. The van der Waals surface area contributed by atoms with Gasteiger partial charge in [-0.2, -0.15) is 0 Å². The van der Waals surface area contributed by atoms with Crippen molar-refractivity contribution in [3.63, 3.8) is 0 Å². The topological polar surface area (TPSA) is 57.3 Å². The van der Waals surface area contributed by atoms with Crippen LogP contribution in [-0.2, 0) is 0 Å². The third-order valence-corrected chi connectivity index (χ3v) is 2.87. The van der Waals surface area contributed by atoms with E-state index in [4.69, 9.17) is 0 Å². The molecule has 5 nitrogen and oxygen atoms in total. The molecular formula is C15H18N4O. The summed E-state index contributed by atoms with van der Waals surface area (Å²) in [5, 5.41) is 5.80. The molecule has 0 bridgehead atoms. The van der Waals surface area contributed by atoms with Gasteiger partial charge in [0.25, 0.3) is 5.91 Å². The summed E-state index contributed by atoms with van der Waals surface area (Å²) in [7, 11) is 5.64. The van der Waals surface area contributed by atoms with Crippen molar-refractivity contribution in [1.82, 2.24) is 4.98 Å². The number of nitrogens with zero attached hydrogens (tertiary/aromatic N) is 2. The predicted molar refractivity (Wildman–Crippen MR) is 82.5 cm³/mol. The van der Waals surface area contributed by atoms with Gasteiger partial charge in [-0.3, -0.25) is 4.79 Å². The van der Waals surface area contributed by atoms with Crippen LogP contribution >= 0.6 is 0 Å². The Morgan fingerprint density at radius 2 is 1.85 bits per heavy atom. The molecule has 0 radical (unpaired) electrons. The summed E-state index contributed by atoms with van der Waals surface area (Å²) in [6.07, 6.45) is 0. The van der Waals surface area contributed by atoms with E-state index in [1.54, 1.807) is 19.2 Å². The summed E-state index contributed by atoms with van der Waals surface area (Å²) >= 11 is 0. The Morgan fingerprint density at radius 1 is 1.10 bits per heavy atom. The number of pyridine rings is 1. The number of anilines is 3. The molecule has 0 aliphatic rings. The number of carbonyl (C=O) groups is 1. The summed E-state index contributed by atoms with van der Waals surface area (Å²) in [5.74, 6) is 0.440. The van der Waals surface area contributed by atoms with Crippen LogP contribution in [0.25, 0.3) is 0 Å². The number of nitrogens with one attached hydrogen (secondary N) is 2. The van der Waals surface area contributed by atoms with Crippen LogP contribution in [0.3, 0.4) is 0 Å². The average Bonchev–Trinajstić information content (AvgIpc) is 2.47. The summed E-state index contributed by atoms with van der Waals surface area (Å²) in [4.78, 5) is 18.4. The fraction of sp³-hybridized carbons (Fsp3) is 0.200. The summed E-state index contributed by atoms with van der Waals surface area (Å²) in [6.45, 7) is 0. The van der Waals surface area contributed by atoms with Gasteiger partial charge in [0.05, 0.1) is 11.4 Å². The molecule has 0 aliphatic carbocycles. The molecule has 1 heterocycles. The van der Waals surface area contributed by atoms with Crippen LogP contribution in [0.5, 0.6) is 0 Å². The molecule has 20 heavy (non-hydrogen) atoms. The standard InChI is InChI=1S/C15H18N4O/c1-16-14-10-6-8-12(17-14)15(20)18-11-7-4-5-9-13(11)19(2)3/h4-10H,1-3H3,(H,16,17)(H,18,20). The Hall–Kier alpha value is -2.56. The van der Waals surface area contributed by atoms with Gasteiger partial charge in [-0.1, -0.05) is 18.2 Å². The SMILES string of the molecule is CNc1cccc(C(=O)Nc2ccccc2N(C)C)n1. The third-order valence-electron chi connectivity index (χ3n) is 2.87. The normalized spacial score (nSPS) is 9.95. The lowest BCUT2D eigenvalue weighted by molar-refractivity contribution is 0.102. The molecule has 0 aliphatic heterocycles. The lowest BCUT2D eigenvalue weighted by Crippen LogP contribution is -2.17. The highest BCUT2D eigenvalue weighted by molar-refractivity contribution is 6.04. The van der Waals surface area contributed by atoms with Gasteiger partial charge in [-0.25, -0.2) is 4.98 Å². The summed E-state index contributed by atoms with van der Waals surface area (Å²) < 4.78 is 0. The van der Waals surface area contributed by atoms with Crippen LogP contribution in [0.1, 0.15) is 10.5 Å². The molecule has 0 unspecified atom stereocenters. The molecular weight excluding hydrogens is 252 g/mol. The van der Waals surface area contributed by atoms with E-state index < -0.39 is 0 Å². The number of benzene rings is 1. The molecule has 104 valence electrons. The maximum Gasteiger partial charge on any atom is 0.274 e. The number of carbonyl (C=O) groups excluding carboxylic acids is 1. The number of aromatic nitrogens is 1. The van der Waals surface area contributed by atoms with Crippen molar-refractivity contribution in [2.75, 3.05) is 36.7 Å². The van der Waals surface area contributed by atoms with Crippen LogP contribution in [0, 0.1) is 0 Å². The molecule has 1 aromatic carbocycles. The van der Waals surface area contributed by atoms with E-state index >= 15 is 0 Å². The first-order valence-electron chi connectivity index (χ1n) is 6.34. The van der Waals surface area contributed by atoms with E-state index in [1.807, 2.05) is 49.3 Å². The van der Waals surface area contributed by atoms with Crippen molar-refractivity contribution >= 4 is 23.1 Å². The van der Waals surface area contributed by atoms with E-state index in [-0.39, 0.29) is 5.91 Å². The molecule has 1 amide bonds. The zero-order valence-corrected chi connectivity index (χ0v) is 11.8. The highest BCUT2D eigenvalue weighted by Gasteiger charge is 2.11. The summed E-state index contributed by atoms with van der Waals surface area (Å²) in [5.41, 5.74) is 2.09. The van der Waals surface area contributed by atoms with Gasteiger partial charge in [-0.15, -0.1) is 0 Å². The second-order valence-corrected chi connectivity index (χ2v) is 4.52. The van der Waals surface area contributed by atoms with Gasteiger partial charge < -0.3 is 15.5 Å². The van der Waals surface area contributed by atoms with E-state index in [0.29, 0.717) is 11.5 Å². The Bertz CT molecular complexity index is 610. The van der Waals surface area contributed by atoms with Crippen LogP contribution < -0.4 is 15.5 Å². The van der Waals surface area contributed by atoms with Crippen LogP contribution in [0.4, 0.5) is 17.2 Å². The number of rotatable bonds is 4. The van der Waals surface area contributed by atoms with Crippen molar-refractivity contribution in [2.45, 2.75) is 0 Å². The Morgan fingerprint density at radius 3 is 2.55 bits per heavy atom. The number of amides is 1. The monoisotopic (exact) mass is 270 g/mol. The van der Waals surface area contributed by atoms with Gasteiger partial charge >= 0.3 is 0 Å². The average molecular weight is 270 g/mol. The van der Waals surface area contributed by atoms with Gasteiger partial charge in [0.2, 0.25) is 0 Å². The minimum absolute atomic E-state index is 0.226. The molecule has 0 saturated heterocycles. The molecule has 1 aromatic heterocycles. The van der Waals surface area contributed by atoms with Crippen LogP contribution in [-0.4, -0.2) is 32.0 Å². The van der Waals surface area contributed by atoms with E-state index in [9.17, 15) is 4.79 Å². The smallest absolute Gasteiger partial charge is 0.274 e. The van der Waals surface area contributed by atoms with Crippen molar-refractivity contribution in [3.8, 4) is 0 Å². The second-order valence-electron chi connectivity index (χ2n) is 4.52. The fourth-order valence-corrected chi connectivity index (χ4v) is 1.86. The maximum atomic E-state index is 12.2. The molecule has 0 saturated carbocycles. The molecule has 2 aromatic rings. The van der Waals surface area contributed by atoms with Crippen LogP contribution in [0.15, 0.2) is 42.5 Å². The molecule has 2 N–H and O–H groups in total. The Labute approximate surface area is 118 Å². The lowest BCUT2D eigenvalue weighted by Gasteiger charge is -2.17. The first-order valence-corrected chi connectivity index (χ1v) is 6.34. The zero-order valence-electron chi connectivity index (χ0n) is 11.8. The first-order chi connectivity index (χ1) is 9.61. The molecule has 0 spiro atoms. The van der Waals surface area contributed by atoms with E-state index in [2.05, 4.69) is 15.6 Å². The molecule has 0 atom stereocenters. The molecule has 0 fully saturated rings. The fourth-order valence-electron chi connectivity index (χ4n) is 1.86. The van der Waals surface area contributed by atoms with Crippen molar-refractivity contribution in [3.05, 3.63) is 48.2 Å². The van der Waals surface area contributed by atoms with Gasteiger partial charge in [-0.05, 0) is 24.3 Å². The quantitative estimate of drug-likeness (QED) is 0.896. The number of hydrogen-bond acceptors (Lipinski definition) is 4. The molecule has 2 rings (SSSR count). The first kappa shape index (κ1) is 13.9. The maximum absolute atomic E-state index is 12.2. The largest absolute Gasteiger partial charge is 0.376 e. The summed E-state index contributed by atoms with van der Waals surface area (Å²) in [6, 6.07) is 12.9. The van der Waals surface area contributed by atoms with Gasteiger partial charge in [0, 0.05) is 21.1 Å². The lowest BCUT2D eigenvalue weighted by atomic mass is 10.2. The molecule has 5 heteroatoms. The van der Waals surface area contributed by atoms with Crippen LogP contribution in [0.2, 0.25) is 0 Å². The van der Waals surface area contributed by atoms with Gasteiger partial charge in [0.15, 0.2) is 0 Å². The Balaban J connectivity index is 2.23. The van der Waals surface area contributed by atoms with Crippen molar-refractivity contribution in [1.29, 1.82) is 0 Å². The number of hydrogen-bond donors (Lipinski definition) is 2. The minimum atomic E-state index is -0.226. The predicted octanol–water partition coefficient (Wildman–Crippen LogP) is 2.44. The number of para-hydroxylation sites is 2. The van der Waals surface area contributed by atoms with Crippen molar-refractivity contribution in [2.24, 2.45) is 0 Å². The third kappa shape index (κ3) is 3.06. The minimum Gasteiger partial charge on any atom is -0.376 e. The van der Waals surface area contributed by atoms with Crippen molar-refractivity contribution < 1.29 is 4.79 Å². The van der Waals surface area contributed by atoms with E-state index in [0.717, 1.165) is 11.4 Å². The Kier molecular flexibility index (Phi) is 4.20. The van der Waals surface area contributed by atoms with Gasteiger partial charge in [0.1, 0.15) is 11.5 Å². The van der Waals surface area contributed by atoms with E-state index in [1.165, 1.54) is 0 Å². The highest BCUT2D eigenvalue weighted by Crippen LogP contribution is 2.23. The second kappa shape index (κ2) is 6.06. The zero-order chi connectivity index (χ0) is 14.5.